The molecule has 0 aliphatic carbocycles. The minimum Gasteiger partial charge on any atom is -0.389 e. The van der Waals surface area contributed by atoms with Crippen LogP contribution in [0.1, 0.15) is 4.88 Å². The van der Waals surface area contributed by atoms with Crippen LogP contribution in [0.25, 0.3) is 0 Å². The van der Waals surface area contributed by atoms with E-state index >= 15 is 0 Å². The molecule has 1 unspecified atom stereocenters. The maximum atomic E-state index is 9.85. The molecule has 1 atom stereocenters. The Bertz CT molecular complexity index is 485. The van der Waals surface area contributed by atoms with Crippen LogP contribution in [0.4, 0.5) is 5.69 Å². The SMILES string of the molecule is CSc1ccc(NCC(O)COCc2cccs2)cc1. The van der Waals surface area contributed by atoms with Crippen molar-refractivity contribution < 1.29 is 9.84 Å². The Morgan fingerprint density at radius 3 is 2.75 bits per heavy atom. The highest BCUT2D eigenvalue weighted by atomic mass is 32.2. The third-order valence-corrected chi connectivity index (χ3v) is 4.36. The van der Waals surface area contributed by atoms with Crippen molar-refractivity contribution in [2.75, 3.05) is 24.7 Å². The molecule has 0 saturated heterocycles. The maximum Gasteiger partial charge on any atom is 0.0945 e. The standard InChI is InChI=1S/C15H19NO2S2/c1-19-14-6-4-12(5-7-14)16-9-13(17)10-18-11-15-3-2-8-20-15/h2-8,13,16-17H,9-11H2,1H3. The van der Waals surface area contributed by atoms with Gasteiger partial charge in [-0.05, 0) is 42.0 Å². The summed E-state index contributed by atoms with van der Waals surface area (Å²) in [6.07, 6.45) is 1.55. The fourth-order valence-electron chi connectivity index (χ4n) is 1.69. The first-order chi connectivity index (χ1) is 9.78. The molecule has 2 aromatic rings. The van der Waals surface area contributed by atoms with Crippen LogP contribution in [0, 0.1) is 0 Å². The van der Waals surface area contributed by atoms with E-state index in [1.54, 1.807) is 23.1 Å². The molecule has 108 valence electrons. The van der Waals surface area contributed by atoms with Gasteiger partial charge in [0.2, 0.25) is 0 Å². The second-order valence-corrected chi connectivity index (χ2v) is 6.27. The van der Waals surface area contributed by atoms with E-state index < -0.39 is 6.10 Å². The number of aliphatic hydroxyl groups excluding tert-OH is 1. The molecule has 0 aliphatic rings. The van der Waals surface area contributed by atoms with Gasteiger partial charge in [0.05, 0.1) is 19.3 Å². The number of benzene rings is 1. The predicted molar refractivity (Wildman–Crippen MR) is 86.7 cm³/mol. The lowest BCUT2D eigenvalue weighted by Crippen LogP contribution is -2.24. The summed E-state index contributed by atoms with van der Waals surface area (Å²) in [6.45, 7) is 1.40. The minimum absolute atomic E-state index is 0.341. The van der Waals surface area contributed by atoms with Gasteiger partial charge in [-0.2, -0.15) is 0 Å². The zero-order valence-corrected chi connectivity index (χ0v) is 13.0. The number of hydrogen-bond acceptors (Lipinski definition) is 5. The highest BCUT2D eigenvalue weighted by Crippen LogP contribution is 2.17. The Morgan fingerprint density at radius 2 is 2.10 bits per heavy atom. The van der Waals surface area contributed by atoms with Crippen molar-refractivity contribution in [2.24, 2.45) is 0 Å². The van der Waals surface area contributed by atoms with E-state index in [9.17, 15) is 5.11 Å². The van der Waals surface area contributed by atoms with E-state index in [1.807, 2.05) is 29.6 Å². The van der Waals surface area contributed by atoms with Crippen LogP contribution in [0.15, 0.2) is 46.7 Å². The van der Waals surface area contributed by atoms with Crippen LogP contribution in [0.3, 0.4) is 0 Å². The fourth-order valence-corrected chi connectivity index (χ4v) is 2.74. The fraction of sp³-hybridized carbons (Fsp3) is 0.333. The van der Waals surface area contributed by atoms with Gasteiger partial charge in [-0.3, -0.25) is 0 Å². The van der Waals surface area contributed by atoms with Gasteiger partial charge >= 0.3 is 0 Å². The lowest BCUT2D eigenvalue weighted by atomic mass is 10.3. The number of aliphatic hydroxyl groups is 1. The molecule has 3 nitrogen and oxygen atoms in total. The van der Waals surface area contributed by atoms with E-state index in [2.05, 4.69) is 23.7 Å². The smallest absolute Gasteiger partial charge is 0.0945 e. The van der Waals surface area contributed by atoms with Crippen LogP contribution in [-0.4, -0.2) is 30.6 Å². The molecule has 2 N–H and O–H groups in total. The summed E-state index contributed by atoms with van der Waals surface area (Å²) in [5, 5.41) is 15.1. The molecule has 5 heteroatoms. The molecule has 0 saturated carbocycles. The molecule has 1 heterocycles. The van der Waals surface area contributed by atoms with Crippen LogP contribution >= 0.6 is 23.1 Å². The van der Waals surface area contributed by atoms with E-state index in [0.29, 0.717) is 19.8 Å². The second-order valence-electron chi connectivity index (χ2n) is 4.36. The van der Waals surface area contributed by atoms with Crippen molar-refractivity contribution in [1.82, 2.24) is 0 Å². The normalized spacial score (nSPS) is 12.3. The zero-order chi connectivity index (χ0) is 14.2. The third kappa shape index (κ3) is 5.17. The molecule has 2 rings (SSSR count). The minimum atomic E-state index is -0.504. The molecule has 0 radical (unpaired) electrons. The number of anilines is 1. The molecule has 0 fully saturated rings. The zero-order valence-electron chi connectivity index (χ0n) is 11.4. The van der Waals surface area contributed by atoms with Crippen LogP contribution in [0.2, 0.25) is 0 Å². The van der Waals surface area contributed by atoms with Crippen molar-refractivity contribution in [3.8, 4) is 0 Å². The number of nitrogens with one attached hydrogen (secondary N) is 1. The summed E-state index contributed by atoms with van der Waals surface area (Å²) in [5.74, 6) is 0. The Labute approximate surface area is 128 Å². The number of thiophene rings is 1. The van der Waals surface area contributed by atoms with E-state index in [1.165, 1.54) is 9.77 Å². The van der Waals surface area contributed by atoms with Crippen molar-refractivity contribution in [3.63, 3.8) is 0 Å². The summed E-state index contributed by atoms with van der Waals surface area (Å²) >= 11 is 3.38. The lowest BCUT2D eigenvalue weighted by molar-refractivity contribution is 0.0359. The Kier molecular flexibility index (Phi) is 6.39. The highest BCUT2D eigenvalue weighted by Gasteiger charge is 2.04. The van der Waals surface area contributed by atoms with E-state index in [0.717, 1.165) is 5.69 Å². The summed E-state index contributed by atoms with van der Waals surface area (Å²) < 4.78 is 5.48. The van der Waals surface area contributed by atoms with Crippen LogP contribution in [-0.2, 0) is 11.3 Å². The van der Waals surface area contributed by atoms with Gasteiger partial charge in [0.1, 0.15) is 0 Å². The molecule has 20 heavy (non-hydrogen) atoms. The van der Waals surface area contributed by atoms with Gasteiger partial charge in [0.15, 0.2) is 0 Å². The van der Waals surface area contributed by atoms with Gasteiger partial charge in [-0.1, -0.05) is 6.07 Å². The average molecular weight is 309 g/mol. The van der Waals surface area contributed by atoms with Gasteiger partial charge < -0.3 is 15.2 Å². The highest BCUT2D eigenvalue weighted by molar-refractivity contribution is 7.98. The van der Waals surface area contributed by atoms with Crippen molar-refractivity contribution in [1.29, 1.82) is 0 Å². The maximum absolute atomic E-state index is 9.85. The Hall–Kier alpha value is -1.01. The van der Waals surface area contributed by atoms with Gasteiger partial charge in [0, 0.05) is 22.0 Å². The lowest BCUT2D eigenvalue weighted by Gasteiger charge is -2.13. The Morgan fingerprint density at radius 1 is 1.30 bits per heavy atom. The molecular formula is C15H19NO2S2. The monoisotopic (exact) mass is 309 g/mol. The number of thioether (sulfide) groups is 1. The summed E-state index contributed by atoms with van der Waals surface area (Å²) in [7, 11) is 0. The molecule has 0 aliphatic heterocycles. The quantitative estimate of drug-likeness (QED) is 0.733. The second kappa shape index (κ2) is 8.32. The Balaban J connectivity index is 1.65. The largest absolute Gasteiger partial charge is 0.389 e. The van der Waals surface area contributed by atoms with E-state index in [4.69, 9.17) is 4.74 Å². The summed E-state index contributed by atoms with van der Waals surface area (Å²) in [4.78, 5) is 2.41. The molecule has 1 aromatic heterocycles. The van der Waals surface area contributed by atoms with Crippen molar-refractivity contribution in [2.45, 2.75) is 17.6 Å². The van der Waals surface area contributed by atoms with Crippen LogP contribution in [0.5, 0.6) is 0 Å². The first-order valence-corrected chi connectivity index (χ1v) is 8.54. The van der Waals surface area contributed by atoms with Crippen molar-refractivity contribution in [3.05, 3.63) is 46.7 Å². The van der Waals surface area contributed by atoms with E-state index in [-0.39, 0.29) is 0 Å². The molecule has 0 amide bonds. The molecule has 0 spiro atoms. The third-order valence-electron chi connectivity index (χ3n) is 2.77. The predicted octanol–water partition coefficient (Wildman–Crippen LogP) is 3.46. The van der Waals surface area contributed by atoms with Crippen molar-refractivity contribution >= 4 is 28.8 Å². The molecule has 1 aromatic carbocycles. The summed E-state index contributed by atoms with van der Waals surface area (Å²) in [6, 6.07) is 12.2. The van der Waals surface area contributed by atoms with Crippen LogP contribution < -0.4 is 5.32 Å². The first-order valence-electron chi connectivity index (χ1n) is 6.44. The van der Waals surface area contributed by atoms with Gasteiger partial charge in [-0.25, -0.2) is 0 Å². The number of rotatable bonds is 8. The average Bonchev–Trinajstić information content (AvgIpc) is 2.99. The molecular weight excluding hydrogens is 290 g/mol. The summed E-state index contributed by atoms with van der Waals surface area (Å²) in [5.41, 5.74) is 1.01. The number of ether oxygens (including phenoxy) is 1. The topological polar surface area (TPSA) is 41.5 Å². The van der Waals surface area contributed by atoms with Gasteiger partial charge in [-0.15, -0.1) is 23.1 Å². The number of hydrogen-bond donors (Lipinski definition) is 2. The first kappa shape index (κ1) is 15.4. The molecule has 0 bridgehead atoms. The van der Waals surface area contributed by atoms with Gasteiger partial charge in [0.25, 0.3) is 0 Å².